The Bertz CT molecular complexity index is 868. The number of likely N-dealkylation sites (N-methyl/N-ethyl adjacent to an activating group) is 1. The Morgan fingerprint density at radius 2 is 2.00 bits per heavy atom. The second-order valence-corrected chi connectivity index (χ2v) is 8.03. The molecule has 1 saturated heterocycles. The van der Waals surface area contributed by atoms with Crippen LogP contribution in [0.2, 0.25) is 0 Å². The predicted octanol–water partition coefficient (Wildman–Crippen LogP) is 2.56. The van der Waals surface area contributed by atoms with Crippen molar-refractivity contribution in [2.45, 2.75) is 13.0 Å². The van der Waals surface area contributed by atoms with Crippen molar-refractivity contribution in [3.05, 3.63) is 33.1 Å². The van der Waals surface area contributed by atoms with Gasteiger partial charge in [-0.2, -0.15) is 0 Å². The van der Waals surface area contributed by atoms with Crippen LogP contribution in [0.3, 0.4) is 0 Å². The minimum atomic E-state index is -0.855. The molecule has 2 aliphatic rings. The number of nitrogens with zero attached hydrogens (tertiary/aromatic N) is 2. The average Bonchev–Trinajstić information content (AvgIpc) is 2.99. The number of anilines is 1. The van der Waals surface area contributed by atoms with Crippen molar-refractivity contribution in [1.82, 2.24) is 4.90 Å². The van der Waals surface area contributed by atoms with Gasteiger partial charge in [-0.15, -0.1) is 0 Å². The van der Waals surface area contributed by atoms with E-state index < -0.39 is 17.9 Å². The van der Waals surface area contributed by atoms with E-state index in [0.29, 0.717) is 11.1 Å². The molecule has 1 unspecified atom stereocenters. The molecule has 0 bridgehead atoms. The van der Waals surface area contributed by atoms with Crippen molar-refractivity contribution < 1.29 is 19.1 Å². The number of thiocarbonyl (C=S) groups is 1. The smallest absolute Gasteiger partial charge is 0.328 e. The third kappa shape index (κ3) is 2.80. The first-order valence-electron chi connectivity index (χ1n) is 7.23. The van der Waals surface area contributed by atoms with E-state index in [1.807, 2.05) is 12.1 Å². The first kappa shape index (κ1) is 18.1. The first-order chi connectivity index (χ1) is 11.8. The summed E-state index contributed by atoms with van der Waals surface area (Å²) in [4.78, 5) is 40.3. The standard InChI is InChI=1S/C16H13BrN2O4S2/c1-7(15(22)23-3)19-14(21)12(25-16(19)24)11-9-6-8(17)4-5-10(9)18(2)13(11)20/h4-7H,1-3H3/b12-11-. The minimum Gasteiger partial charge on any atom is -0.467 e. The highest BCUT2D eigenvalue weighted by Crippen LogP contribution is 2.45. The highest BCUT2D eigenvalue weighted by atomic mass is 79.9. The van der Waals surface area contributed by atoms with Gasteiger partial charge in [0.2, 0.25) is 0 Å². The van der Waals surface area contributed by atoms with Crippen LogP contribution >= 0.6 is 39.9 Å². The summed E-state index contributed by atoms with van der Waals surface area (Å²) in [5.41, 5.74) is 1.68. The molecule has 2 amide bonds. The Morgan fingerprint density at radius 1 is 1.32 bits per heavy atom. The van der Waals surface area contributed by atoms with E-state index >= 15 is 0 Å². The van der Waals surface area contributed by atoms with Crippen LogP contribution in [0.15, 0.2) is 27.6 Å². The summed E-state index contributed by atoms with van der Waals surface area (Å²) in [5.74, 6) is -1.31. The van der Waals surface area contributed by atoms with Gasteiger partial charge in [-0.25, -0.2) is 4.79 Å². The zero-order chi connectivity index (χ0) is 18.5. The monoisotopic (exact) mass is 440 g/mol. The summed E-state index contributed by atoms with van der Waals surface area (Å²) in [6, 6.07) is 4.58. The molecule has 0 aromatic heterocycles. The van der Waals surface area contributed by atoms with E-state index in [9.17, 15) is 14.4 Å². The Kier molecular flexibility index (Phi) is 4.74. The maximum atomic E-state index is 12.9. The molecule has 9 heteroatoms. The van der Waals surface area contributed by atoms with Crippen LogP contribution in [0, 0.1) is 0 Å². The van der Waals surface area contributed by atoms with Gasteiger partial charge in [0.1, 0.15) is 10.4 Å². The van der Waals surface area contributed by atoms with E-state index in [0.717, 1.165) is 21.9 Å². The van der Waals surface area contributed by atoms with E-state index in [1.54, 1.807) is 13.1 Å². The Morgan fingerprint density at radius 3 is 2.64 bits per heavy atom. The zero-order valence-electron chi connectivity index (χ0n) is 13.5. The molecule has 130 valence electrons. The van der Waals surface area contributed by atoms with Gasteiger partial charge in [0.05, 0.1) is 23.3 Å². The molecular weight excluding hydrogens is 428 g/mol. The maximum Gasteiger partial charge on any atom is 0.328 e. The zero-order valence-corrected chi connectivity index (χ0v) is 16.8. The number of carbonyl (C=O) groups excluding carboxylic acids is 3. The Hall–Kier alpha value is -1.71. The largest absolute Gasteiger partial charge is 0.467 e. The number of thioether (sulfide) groups is 1. The quantitative estimate of drug-likeness (QED) is 0.399. The number of esters is 1. The lowest BCUT2D eigenvalue weighted by Gasteiger charge is -2.20. The number of fused-ring (bicyclic) bond motifs is 1. The number of amides is 2. The summed E-state index contributed by atoms with van der Waals surface area (Å²) >= 11 is 9.68. The molecule has 1 atom stereocenters. The molecule has 1 aromatic carbocycles. The lowest BCUT2D eigenvalue weighted by atomic mass is 10.1. The van der Waals surface area contributed by atoms with E-state index in [4.69, 9.17) is 17.0 Å². The van der Waals surface area contributed by atoms with Gasteiger partial charge in [0.25, 0.3) is 11.8 Å². The Balaban J connectivity index is 2.12. The topological polar surface area (TPSA) is 66.9 Å². The maximum absolute atomic E-state index is 12.9. The van der Waals surface area contributed by atoms with E-state index in [2.05, 4.69) is 15.9 Å². The van der Waals surface area contributed by atoms with Gasteiger partial charge in [-0.05, 0) is 25.1 Å². The number of hydrogen-bond acceptors (Lipinski definition) is 6. The van der Waals surface area contributed by atoms with Crippen molar-refractivity contribution in [1.29, 1.82) is 0 Å². The predicted molar refractivity (Wildman–Crippen MR) is 103 cm³/mol. The minimum absolute atomic E-state index is 0.226. The molecule has 1 fully saturated rings. The van der Waals surface area contributed by atoms with Gasteiger partial charge in [-0.1, -0.05) is 39.9 Å². The average molecular weight is 441 g/mol. The molecule has 3 rings (SSSR count). The third-order valence-electron chi connectivity index (χ3n) is 4.06. The normalized spacial score (nSPS) is 21.0. The molecule has 1 aromatic rings. The molecule has 2 aliphatic heterocycles. The number of benzene rings is 1. The van der Waals surface area contributed by atoms with Crippen LogP contribution in [-0.4, -0.2) is 47.2 Å². The molecule has 0 saturated carbocycles. The molecule has 0 aliphatic carbocycles. The fraction of sp³-hybridized carbons (Fsp3) is 0.250. The van der Waals surface area contributed by atoms with E-state index in [-0.39, 0.29) is 15.1 Å². The molecule has 6 nitrogen and oxygen atoms in total. The molecule has 25 heavy (non-hydrogen) atoms. The molecule has 0 N–H and O–H groups in total. The van der Waals surface area contributed by atoms with Gasteiger partial charge in [-0.3, -0.25) is 14.5 Å². The molecule has 0 radical (unpaired) electrons. The summed E-state index contributed by atoms with van der Waals surface area (Å²) in [6.45, 7) is 1.54. The van der Waals surface area contributed by atoms with Gasteiger partial charge >= 0.3 is 5.97 Å². The van der Waals surface area contributed by atoms with Crippen LogP contribution in [-0.2, 0) is 19.1 Å². The third-order valence-corrected chi connectivity index (χ3v) is 5.96. The van der Waals surface area contributed by atoms with E-state index in [1.165, 1.54) is 23.8 Å². The van der Waals surface area contributed by atoms with Crippen LogP contribution in [0.1, 0.15) is 12.5 Å². The van der Waals surface area contributed by atoms with Crippen LogP contribution < -0.4 is 4.90 Å². The Labute approximate surface area is 162 Å². The number of carbonyl (C=O) groups is 3. The van der Waals surface area contributed by atoms with Gasteiger partial charge < -0.3 is 9.64 Å². The number of hydrogen-bond donors (Lipinski definition) is 0. The lowest BCUT2D eigenvalue weighted by Crippen LogP contribution is -2.42. The molecule has 2 heterocycles. The van der Waals surface area contributed by atoms with Crippen LogP contribution in [0.5, 0.6) is 0 Å². The van der Waals surface area contributed by atoms with Crippen molar-refractivity contribution in [2.75, 3.05) is 19.1 Å². The number of halogens is 1. The SMILES string of the molecule is COC(=O)C(C)N1C(=O)/C(=C2/C(=O)N(C)c3ccc(Br)cc32)SC1=S. The van der Waals surface area contributed by atoms with Gasteiger partial charge in [0, 0.05) is 17.1 Å². The molecular formula is C16H13BrN2O4S2. The summed E-state index contributed by atoms with van der Waals surface area (Å²) in [5, 5.41) is 0. The van der Waals surface area contributed by atoms with Crippen LogP contribution in [0.25, 0.3) is 5.57 Å². The fourth-order valence-corrected chi connectivity index (χ4v) is 4.60. The van der Waals surface area contributed by atoms with Crippen LogP contribution in [0.4, 0.5) is 5.69 Å². The highest BCUT2D eigenvalue weighted by Gasteiger charge is 2.44. The number of rotatable bonds is 2. The molecule has 0 spiro atoms. The first-order valence-corrected chi connectivity index (χ1v) is 9.25. The lowest BCUT2D eigenvalue weighted by molar-refractivity contribution is -0.147. The van der Waals surface area contributed by atoms with Crippen molar-refractivity contribution in [3.8, 4) is 0 Å². The second-order valence-electron chi connectivity index (χ2n) is 5.47. The van der Waals surface area contributed by atoms with Crippen molar-refractivity contribution in [3.63, 3.8) is 0 Å². The van der Waals surface area contributed by atoms with Crippen molar-refractivity contribution in [2.24, 2.45) is 0 Å². The highest BCUT2D eigenvalue weighted by molar-refractivity contribution is 9.10. The number of ether oxygens (including phenoxy) is 1. The summed E-state index contributed by atoms with van der Waals surface area (Å²) in [6.07, 6.45) is 0. The number of methoxy groups -OCH3 is 1. The summed E-state index contributed by atoms with van der Waals surface area (Å²) < 4.78 is 5.72. The van der Waals surface area contributed by atoms with Gasteiger partial charge in [0.15, 0.2) is 0 Å². The van der Waals surface area contributed by atoms with Crippen molar-refractivity contribution >= 4 is 73.3 Å². The fourth-order valence-electron chi connectivity index (χ4n) is 2.75. The summed E-state index contributed by atoms with van der Waals surface area (Å²) in [7, 11) is 2.90. The second kappa shape index (κ2) is 6.54.